The first-order valence-corrected chi connectivity index (χ1v) is 9.93. The lowest BCUT2D eigenvalue weighted by Crippen LogP contribution is -2.11. The second-order valence-electron chi connectivity index (χ2n) is 5.72. The van der Waals surface area contributed by atoms with Gasteiger partial charge in [-0.15, -0.1) is 0 Å². The Kier molecular flexibility index (Phi) is 8.74. The van der Waals surface area contributed by atoms with Gasteiger partial charge in [0.15, 0.2) is 11.5 Å². The summed E-state index contributed by atoms with van der Waals surface area (Å²) < 4.78 is 22.3. The van der Waals surface area contributed by atoms with Crippen LogP contribution in [0.2, 0.25) is 10.0 Å². The molecule has 0 unspecified atom stereocenters. The summed E-state index contributed by atoms with van der Waals surface area (Å²) in [6, 6.07) is 8.56. The SMILES string of the molecule is CCOC(=O)c1cc(OCC)c(OCC)cc1OCCc1ccc(Cl)cc1Cl. The summed E-state index contributed by atoms with van der Waals surface area (Å²) in [5.74, 6) is 0.874. The quantitative estimate of drug-likeness (QED) is 0.463. The van der Waals surface area contributed by atoms with E-state index in [1.54, 1.807) is 31.2 Å². The Balaban J connectivity index is 2.25. The summed E-state index contributed by atoms with van der Waals surface area (Å²) in [4.78, 5) is 12.4. The Hall–Kier alpha value is -2.11. The summed E-state index contributed by atoms with van der Waals surface area (Å²) in [6.07, 6.45) is 0.551. The van der Waals surface area contributed by atoms with Crippen LogP contribution in [-0.4, -0.2) is 32.4 Å². The van der Waals surface area contributed by atoms with Crippen molar-refractivity contribution in [3.63, 3.8) is 0 Å². The molecule has 0 aliphatic heterocycles. The van der Waals surface area contributed by atoms with E-state index in [1.807, 2.05) is 19.9 Å². The topological polar surface area (TPSA) is 54.0 Å². The lowest BCUT2D eigenvalue weighted by atomic mass is 10.1. The maximum absolute atomic E-state index is 12.4. The highest BCUT2D eigenvalue weighted by Gasteiger charge is 2.20. The second-order valence-corrected chi connectivity index (χ2v) is 6.56. The summed E-state index contributed by atoms with van der Waals surface area (Å²) in [5.41, 5.74) is 1.19. The Morgan fingerprint density at radius 2 is 1.54 bits per heavy atom. The molecule has 5 nitrogen and oxygen atoms in total. The van der Waals surface area contributed by atoms with Crippen molar-refractivity contribution in [2.24, 2.45) is 0 Å². The predicted octanol–water partition coefficient (Wildman–Crippen LogP) is 5.59. The van der Waals surface area contributed by atoms with Gasteiger partial charge in [0.2, 0.25) is 0 Å². The molecule has 28 heavy (non-hydrogen) atoms. The van der Waals surface area contributed by atoms with E-state index in [0.717, 1.165) is 5.56 Å². The van der Waals surface area contributed by atoms with Gasteiger partial charge in [0.25, 0.3) is 0 Å². The van der Waals surface area contributed by atoms with E-state index in [4.69, 9.17) is 42.1 Å². The zero-order valence-corrected chi connectivity index (χ0v) is 17.7. The summed E-state index contributed by atoms with van der Waals surface area (Å²) in [6.45, 7) is 6.95. The fourth-order valence-electron chi connectivity index (χ4n) is 2.56. The molecule has 0 heterocycles. The van der Waals surface area contributed by atoms with Crippen molar-refractivity contribution in [1.82, 2.24) is 0 Å². The van der Waals surface area contributed by atoms with Crippen LogP contribution >= 0.6 is 23.2 Å². The highest BCUT2D eigenvalue weighted by molar-refractivity contribution is 6.35. The fourth-order valence-corrected chi connectivity index (χ4v) is 3.06. The lowest BCUT2D eigenvalue weighted by molar-refractivity contribution is 0.0521. The van der Waals surface area contributed by atoms with E-state index in [-0.39, 0.29) is 12.2 Å². The predicted molar refractivity (Wildman–Crippen MR) is 110 cm³/mol. The molecule has 7 heteroatoms. The van der Waals surface area contributed by atoms with E-state index in [2.05, 4.69) is 0 Å². The van der Waals surface area contributed by atoms with Crippen LogP contribution in [0.3, 0.4) is 0 Å². The van der Waals surface area contributed by atoms with Crippen molar-refractivity contribution in [2.45, 2.75) is 27.2 Å². The van der Waals surface area contributed by atoms with Crippen molar-refractivity contribution in [2.75, 3.05) is 26.4 Å². The maximum atomic E-state index is 12.4. The minimum atomic E-state index is -0.481. The van der Waals surface area contributed by atoms with E-state index in [9.17, 15) is 4.79 Å². The van der Waals surface area contributed by atoms with Crippen LogP contribution in [0.1, 0.15) is 36.7 Å². The third-order valence-electron chi connectivity index (χ3n) is 3.79. The van der Waals surface area contributed by atoms with Gasteiger partial charge in [-0.25, -0.2) is 4.79 Å². The fraction of sp³-hybridized carbons (Fsp3) is 0.381. The second kappa shape index (κ2) is 11.0. The first kappa shape index (κ1) is 22.2. The first-order valence-electron chi connectivity index (χ1n) is 9.17. The van der Waals surface area contributed by atoms with Gasteiger partial charge in [-0.2, -0.15) is 0 Å². The molecule has 0 atom stereocenters. The van der Waals surface area contributed by atoms with Gasteiger partial charge in [0.05, 0.1) is 26.4 Å². The number of hydrogen-bond acceptors (Lipinski definition) is 5. The number of ether oxygens (including phenoxy) is 4. The van der Waals surface area contributed by atoms with E-state index in [1.165, 1.54) is 0 Å². The molecule has 152 valence electrons. The van der Waals surface area contributed by atoms with Gasteiger partial charge in [0, 0.05) is 28.6 Å². The van der Waals surface area contributed by atoms with Crippen molar-refractivity contribution in [1.29, 1.82) is 0 Å². The monoisotopic (exact) mass is 426 g/mol. The first-order chi connectivity index (χ1) is 13.5. The molecule has 2 rings (SSSR count). The molecular formula is C21H24Cl2O5. The number of esters is 1. The Morgan fingerprint density at radius 1 is 0.857 bits per heavy atom. The van der Waals surface area contributed by atoms with E-state index >= 15 is 0 Å². The van der Waals surface area contributed by atoms with Gasteiger partial charge in [-0.3, -0.25) is 0 Å². The van der Waals surface area contributed by atoms with Crippen molar-refractivity contribution in [3.8, 4) is 17.2 Å². The van der Waals surface area contributed by atoms with Gasteiger partial charge >= 0.3 is 5.97 Å². The van der Waals surface area contributed by atoms with Crippen LogP contribution in [0.5, 0.6) is 17.2 Å². The summed E-state index contributed by atoms with van der Waals surface area (Å²) in [5, 5.41) is 1.15. The normalized spacial score (nSPS) is 10.5. The molecule has 0 spiro atoms. The molecule has 0 aliphatic carbocycles. The number of rotatable bonds is 10. The van der Waals surface area contributed by atoms with Gasteiger partial charge in [-0.05, 0) is 38.5 Å². The van der Waals surface area contributed by atoms with Crippen molar-refractivity contribution in [3.05, 3.63) is 51.5 Å². The molecule has 2 aromatic carbocycles. The van der Waals surface area contributed by atoms with Gasteiger partial charge in [-0.1, -0.05) is 29.3 Å². The summed E-state index contributed by atoms with van der Waals surface area (Å²) in [7, 11) is 0. The molecule has 0 aliphatic rings. The highest BCUT2D eigenvalue weighted by Crippen LogP contribution is 2.36. The van der Waals surface area contributed by atoms with Crippen molar-refractivity contribution >= 4 is 29.2 Å². The number of hydrogen-bond donors (Lipinski definition) is 0. The molecule has 0 fully saturated rings. The van der Waals surface area contributed by atoms with Crippen LogP contribution in [0.25, 0.3) is 0 Å². The minimum absolute atomic E-state index is 0.260. The minimum Gasteiger partial charge on any atom is -0.492 e. The van der Waals surface area contributed by atoms with Gasteiger partial charge < -0.3 is 18.9 Å². The maximum Gasteiger partial charge on any atom is 0.342 e. The number of carbonyl (C=O) groups excluding carboxylic acids is 1. The smallest absolute Gasteiger partial charge is 0.342 e. The van der Waals surface area contributed by atoms with Crippen LogP contribution in [0.4, 0.5) is 0 Å². The average molecular weight is 427 g/mol. The van der Waals surface area contributed by atoms with Crippen LogP contribution in [0, 0.1) is 0 Å². The molecule has 0 amide bonds. The lowest BCUT2D eigenvalue weighted by Gasteiger charge is -2.16. The van der Waals surface area contributed by atoms with E-state index < -0.39 is 5.97 Å². The molecular weight excluding hydrogens is 403 g/mol. The Bertz CT molecular complexity index is 808. The zero-order valence-electron chi connectivity index (χ0n) is 16.2. The third-order valence-corrected chi connectivity index (χ3v) is 4.37. The van der Waals surface area contributed by atoms with Crippen molar-refractivity contribution < 1.29 is 23.7 Å². The molecule has 0 aromatic heterocycles. The number of carbonyl (C=O) groups is 1. The third kappa shape index (κ3) is 5.94. The standard InChI is InChI=1S/C21H24Cl2O5/c1-4-25-19-12-16(21(24)27-6-3)18(13-20(19)26-5-2)28-10-9-14-7-8-15(22)11-17(14)23/h7-8,11-13H,4-6,9-10H2,1-3H3. The van der Waals surface area contributed by atoms with Gasteiger partial charge in [0.1, 0.15) is 11.3 Å². The van der Waals surface area contributed by atoms with Crippen LogP contribution < -0.4 is 14.2 Å². The number of halogens is 2. The molecule has 0 saturated carbocycles. The summed E-state index contributed by atoms with van der Waals surface area (Å²) >= 11 is 12.1. The van der Waals surface area contributed by atoms with Crippen LogP contribution in [-0.2, 0) is 11.2 Å². The Labute approximate surface area is 175 Å². The highest BCUT2D eigenvalue weighted by atomic mass is 35.5. The van der Waals surface area contributed by atoms with Crippen LogP contribution in [0.15, 0.2) is 30.3 Å². The molecule has 0 N–H and O–H groups in total. The van der Waals surface area contributed by atoms with E-state index in [0.29, 0.717) is 53.5 Å². The number of benzene rings is 2. The average Bonchev–Trinajstić information content (AvgIpc) is 2.65. The molecule has 0 bridgehead atoms. The zero-order chi connectivity index (χ0) is 20.5. The molecule has 2 aromatic rings. The molecule has 0 saturated heterocycles. The largest absolute Gasteiger partial charge is 0.492 e. The Morgan fingerprint density at radius 3 is 2.14 bits per heavy atom. The molecule has 0 radical (unpaired) electrons.